The maximum absolute atomic E-state index is 5.41. The van der Waals surface area contributed by atoms with Gasteiger partial charge in [0.15, 0.2) is 0 Å². The Kier molecular flexibility index (Phi) is 4.88. The standard InChI is InChI=1S/C15H31N3O/c1-14(2)11-16-15(3,4)13-18(12-14)6-5-17-7-9-19-10-8-17/h16H,5-13H2,1-4H3. The van der Waals surface area contributed by atoms with Crippen molar-refractivity contribution in [3.05, 3.63) is 0 Å². The number of ether oxygens (including phenoxy) is 1. The fourth-order valence-corrected chi connectivity index (χ4v) is 3.08. The number of rotatable bonds is 3. The van der Waals surface area contributed by atoms with Crippen molar-refractivity contribution in [1.29, 1.82) is 0 Å². The summed E-state index contributed by atoms with van der Waals surface area (Å²) in [6.07, 6.45) is 0. The minimum absolute atomic E-state index is 0.221. The van der Waals surface area contributed by atoms with Crippen molar-refractivity contribution in [3.8, 4) is 0 Å². The Labute approximate surface area is 118 Å². The van der Waals surface area contributed by atoms with Crippen LogP contribution in [0.2, 0.25) is 0 Å². The lowest BCUT2D eigenvalue weighted by atomic mass is 9.93. The van der Waals surface area contributed by atoms with E-state index in [0.717, 1.165) is 39.4 Å². The lowest BCUT2D eigenvalue weighted by molar-refractivity contribution is 0.0314. The molecule has 0 aromatic carbocycles. The Balaban J connectivity index is 1.85. The first-order chi connectivity index (χ1) is 8.86. The molecule has 0 spiro atoms. The van der Waals surface area contributed by atoms with E-state index in [1.54, 1.807) is 0 Å². The Hall–Kier alpha value is -0.160. The fourth-order valence-electron chi connectivity index (χ4n) is 3.08. The molecule has 0 aromatic rings. The van der Waals surface area contributed by atoms with Crippen molar-refractivity contribution in [2.24, 2.45) is 5.41 Å². The van der Waals surface area contributed by atoms with Gasteiger partial charge in [0, 0.05) is 51.4 Å². The highest BCUT2D eigenvalue weighted by molar-refractivity contribution is 4.91. The molecule has 0 atom stereocenters. The summed E-state index contributed by atoms with van der Waals surface area (Å²) in [5.74, 6) is 0. The topological polar surface area (TPSA) is 27.7 Å². The third-order valence-corrected chi connectivity index (χ3v) is 4.15. The SMILES string of the molecule is CC1(C)CNC(C)(C)CN(CCN2CCOCC2)C1. The first-order valence-corrected chi connectivity index (χ1v) is 7.64. The van der Waals surface area contributed by atoms with E-state index in [1.165, 1.54) is 19.6 Å². The van der Waals surface area contributed by atoms with Crippen molar-refractivity contribution in [1.82, 2.24) is 15.1 Å². The second kappa shape index (κ2) is 6.08. The van der Waals surface area contributed by atoms with Gasteiger partial charge in [0.1, 0.15) is 0 Å². The third kappa shape index (κ3) is 5.03. The molecule has 0 aliphatic carbocycles. The number of nitrogens with zero attached hydrogens (tertiary/aromatic N) is 2. The Morgan fingerprint density at radius 2 is 1.58 bits per heavy atom. The van der Waals surface area contributed by atoms with Gasteiger partial charge in [-0.05, 0) is 19.3 Å². The molecular formula is C15H31N3O. The minimum Gasteiger partial charge on any atom is -0.379 e. The van der Waals surface area contributed by atoms with Gasteiger partial charge >= 0.3 is 0 Å². The van der Waals surface area contributed by atoms with Crippen LogP contribution in [-0.4, -0.2) is 74.4 Å². The summed E-state index contributed by atoms with van der Waals surface area (Å²) >= 11 is 0. The van der Waals surface area contributed by atoms with Crippen LogP contribution in [0, 0.1) is 5.41 Å². The zero-order valence-electron chi connectivity index (χ0n) is 13.2. The molecular weight excluding hydrogens is 238 g/mol. The van der Waals surface area contributed by atoms with Crippen LogP contribution in [0.25, 0.3) is 0 Å². The normalized spacial score (nSPS) is 29.1. The molecule has 2 aliphatic heterocycles. The van der Waals surface area contributed by atoms with Gasteiger partial charge in [0.25, 0.3) is 0 Å². The van der Waals surface area contributed by atoms with Crippen LogP contribution in [0.15, 0.2) is 0 Å². The van der Waals surface area contributed by atoms with E-state index in [1.807, 2.05) is 0 Å². The maximum atomic E-state index is 5.41. The van der Waals surface area contributed by atoms with Gasteiger partial charge in [-0.2, -0.15) is 0 Å². The predicted octanol–water partition coefficient (Wildman–Crippen LogP) is 1.03. The maximum Gasteiger partial charge on any atom is 0.0594 e. The molecule has 4 nitrogen and oxygen atoms in total. The van der Waals surface area contributed by atoms with E-state index >= 15 is 0 Å². The lowest BCUT2D eigenvalue weighted by Gasteiger charge is -2.34. The minimum atomic E-state index is 0.221. The Morgan fingerprint density at radius 3 is 2.26 bits per heavy atom. The fraction of sp³-hybridized carbons (Fsp3) is 1.00. The molecule has 19 heavy (non-hydrogen) atoms. The number of morpholine rings is 1. The van der Waals surface area contributed by atoms with E-state index in [2.05, 4.69) is 42.8 Å². The second-order valence-electron chi connectivity index (χ2n) is 7.57. The van der Waals surface area contributed by atoms with E-state index < -0.39 is 0 Å². The molecule has 2 heterocycles. The van der Waals surface area contributed by atoms with E-state index in [9.17, 15) is 0 Å². The van der Waals surface area contributed by atoms with Crippen LogP contribution in [0.3, 0.4) is 0 Å². The lowest BCUT2D eigenvalue weighted by Crippen LogP contribution is -2.48. The summed E-state index contributed by atoms with van der Waals surface area (Å²) in [5, 5.41) is 3.70. The number of hydrogen-bond acceptors (Lipinski definition) is 4. The molecule has 0 saturated carbocycles. The summed E-state index contributed by atoms with van der Waals surface area (Å²) in [6, 6.07) is 0. The second-order valence-corrected chi connectivity index (χ2v) is 7.57. The smallest absolute Gasteiger partial charge is 0.0594 e. The monoisotopic (exact) mass is 269 g/mol. The molecule has 0 bridgehead atoms. The molecule has 0 amide bonds. The van der Waals surface area contributed by atoms with Gasteiger partial charge in [0.05, 0.1) is 13.2 Å². The quantitative estimate of drug-likeness (QED) is 0.828. The molecule has 0 radical (unpaired) electrons. The summed E-state index contributed by atoms with van der Waals surface area (Å²) < 4.78 is 5.41. The van der Waals surface area contributed by atoms with Crippen LogP contribution in [-0.2, 0) is 4.74 Å². The van der Waals surface area contributed by atoms with Crippen LogP contribution in [0.5, 0.6) is 0 Å². The van der Waals surface area contributed by atoms with Gasteiger partial charge in [-0.3, -0.25) is 9.80 Å². The zero-order valence-corrected chi connectivity index (χ0v) is 13.2. The predicted molar refractivity (Wildman–Crippen MR) is 79.6 cm³/mol. The van der Waals surface area contributed by atoms with Gasteiger partial charge in [0.2, 0.25) is 0 Å². The summed E-state index contributed by atoms with van der Waals surface area (Å²) in [4.78, 5) is 5.16. The molecule has 4 heteroatoms. The molecule has 2 saturated heterocycles. The first kappa shape index (κ1) is 15.2. The summed E-state index contributed by atoms with van der Waals surface area (Å²) in [5.41, 5.74) is 0.581. The molecule has 0 unspecified atom stereocenters. The Bertz CT molecular complexity index is 267. The Morgan fingerprint density at radius 1 is 0.947 bits per heavy atom. The zero-order chi connectivity index (χ0) is 13.9. The van der Waals surface area contributed by atoms with E-state index in [-0.39, 0.29) is 5.54 Å². The number of hydrogen-bond donors (Lipinski definition) is 1. The van der Waals surface area contributed by atoms with Crippen LogP contribution in [0.4, 0.5) is 0 Å². The van der Waals surface area contributed by atoms with Crippen molar-refractivity contribution < 1.29 is 4.74 Å². The number of nitrogens with one attached hydrogen (secondary N) is 1. The van der Waals surface area contributed by atoms with Crippen LogP contribution >= 0.6 is 0 Å². The third-order valence-electron chi connectivity index (χ3n) is 4.15. The summed E-state index contributed by atoms with van der Waals surface area (Å²) in [7, 11) is 0. The van der Waals surface area contributed by atoms with Crippen molar-refractivity contribution in [2.75, 3.05) is 59.0 Å². The molecule has 112 valence electrons. The average Bonchev–Trinajstić information content (AvgIpc) is 2.44. The van der Waals surface area contributed by atoms with Gasteiger partial charge in [-0.1, -0.05) is 13.8 Å². The van der Waals surface area contributed by atoms with Gasteiger partial charge in [-0.15, -0.1) is 0 Å². The molecule has 2 aliphatic rings. The highest BCUT2D eigenvalue weighted by Gasteiger charge is 2.32. The molecule has 2 rings (SSSR count). The van der Waals surface area contributed by atoms with Crippen LogP contribution in [0.1, 0.15) is 27.7 Å². The highest BCUT2D eigenvalue weighted by atomic mass is 16.5. The van der Waals surface area contributed by atoms with Crippen LogP contribution < -0.4 is 5.32 Å². The summed E-state index contributed by atoms with van der Waals surface area (Å²) in [6.45, 7) is 19.1. The first-order valence-electron chi connectivity index (χ1n) is 7.64. The molecule has 0 aromatic heterocycles. The molecule has 2 fully saturated rings. The van der Waals surface area contributed by atoms with Gasteiger partial charge in [-0.25, -0.2) is 0 Å². The molecule has 1 N–H and O–H groups in total. The van der Waals surface area contributed by atoms with Gasteiger partial charge < -0.3 is 10.1 Å². The van der Waals surface area contributed by atoms with Crippen molar-refractivity contribution in [2.45, 2.75) is 33.2 Å². The van der Waals surface area contributed by atoms with Crippen molar-refractivity contribution >= 4 is 0 Å². The van der Waals surface area contributed by atoms with E-state index in [4.69, 9.17) is 4.74 Å². The average molecular weight is 269 g/mol. The van der Waals surface area contributed by atoms with E-state index in [0.29, 0.717) is 5.41 Å². The van der Waals surface area contributed by atoms with Crippen molar-refractivity contribution in [3.63, 3.8) is 0 Å². The largest absolute Gasteiger partial charge is 0.379 e. The highest BCUT2D eigenvalue weighted by Crippen LogP contribution is 2.22.